The van der Waals surface area contributed by atoms with E-state index in [1.54, 1.807) is 21.3 Å². The molecule has 37 heavy (non-hydrogen) atoms. The molecular formula is C31H32BrNO4. The van der Waals surface area contributed by atoms with Crippen LogP contribution in [-0.2, 0) is 13.1 Å². The minimum Gasteiger partial charge on any atom is -0.493 e. The van der Waals surface area contributed by atoms with Crippen molar-refractivity contribution in [3.05, 3.63) is 124 Å². The van der Waals surface area contributed by atoms with Gasteiger partial charge in [-0.3, -0.25) is 4.90 Å². The highest BCUT2D eigenvalue weighted by atomic mass is 79.9. The van der Waals surface area contributed by atoms with Crippen molar-refractivity contribution in [3.8, 4) is 17.2 Å². The molecule has 192 valence electrons. The van der Waals surface area contributed by atoms with E-state index in [4.69, 9.17) is 14.2 Å². The number of halogens is 1. The van der Waals surface area contributed by atoms with Gasteiger partial charge in [0.1, 0.15) is 0 Å². The van der Waals surface area contributed by atoms with E-state index in [-0.39, 0.29) is 6.04 Å². The number of ether oxygens (including phenoxy) is 3. The summed E-state index contributed by atoms with van der Waals surface area (Å²) in [7, 11) is 4.83. The van der Waals surface area contributed by atoms with Crippen molar-refractivity contribution in [2.24, 2.45) is 0 Å². The number of aliphatic hydroxyl groups is 1. The second-order valence-corrected chi connectivity index (χ2v) is 9.60. The minimum absolute atomic E-state index is 0.324. The van der Waals surface area contributed by atoms with Crippen LogP contribution in [0.3, 0.4) is 0 Å². The third-order valence-corrected chi connectivity index (χ3v) is 7.19. The van der Waals surface area contributed by atoms with Gasteiger partial charge in [0.2, 0.25) is 5.75 Å². The first kappa shape index (κ1) is 26.7. The number of nitrogens with zero attached hydrogens (tertiary/aromatic N) is 1. The lowest BCUT2D eigenvalue weighted by atomic mass is 9.93. The van der Waals surface area contributed by atoms with E-state index in [1.165, 1.54) is 0 Å². The zero-order valence-electron chi connectivity index (χ0n) is 21.3. The Morgan fingerprint density at radius 1 is 0.703 bits per heavy atom. The quantitative estimate of drug-likeness (QED) is 0.214. The highest BCUT2D eigenvalue weighted by Crippen LogP contribution is 2.41. The van der Waals surface area contributed by atoms with Gasteiger partial charge in [-0.2, -0.15) is 0 Å². The summed E-state index contributed by atoms with van der Waals surface area (Å²) in [5, 5.41) is 11.8. The van der Waals surface area contributed by atoms with Gasteiger partial charge in [-0.05, 0) is 40.5 Å². The van der Waals surface area contributed by atoms with Gasteiger partial charge in [0.15, 0.2) is 11.5 Å². The summed E-state index contributed by atoms with van der Waals surface area (Å²) < 4.78 is 17.8. The molecule has 0 saturated carbocycles. The van der Waals surface area contributed by atoms with Crippen LogP contribution in [0, 0.1) is 0 Å². The molecule has 0 aliphatic carbocycles. The molecule has 5 nitrogen and oxygen atoms in total. The maximum atomic E-state index is 11.8. The Morgan fingerprint density at radius 2 is 1.24 bits per heavy atom. The summed E-state index contributed by atoms with van der Waals surface area (Å²) in [5.74, 6) is 1.74. The van der Waals surface area contributed by atoms with E-state index in [0.29, 0.717) is 30.3 Å². The Morgan fingerprint density at radius 3 is 1.78 bits per heavy atom. The van der Waals surface area contributed by atoms with Crippen LogP contribution in [0.2, 0.25) is 0 Å². The van der Waals surface area contributed by atoms with Crippen molar-refractivity contribution in [1.29, 1.82) is 0 Å². The van der Waals surface area contributed by atoms with Crippen molar-refractivity contribution in [1.82, 2.24) is 4.90 Å². The Bertz CT molecular complexity index is 1260. The number of rotatable bonds is 11. The van der Waals surface area contributed by atoms with E-state index in [1.807, 2.05) is 78.9 Å². The van der Waals surface area contributed by atoms with Gasteiger partial charge in [-0.1, -0.05) is 94.8 Å². The van der Waals surface area contributed by atoms with Crippen LogP contribution < -0.4 is 14.2 Å². The lowest BCUT2D eigenvalue weighted by Crippen LogP contribution is -2.32. The zero-order valence-corrected chi connectivity index (χ0v) is 22.9. The summed E-state index contributed by atoms with van der Waals surface area (Å²) in [6.07, 6.45) is -0.756. The molecule has 0 heterocycles. The molecule has 2 atom stereocenters. The monoisotopic (exact) mass is 561 g/mol. The molecule has 0 radical (unpaired) electrons. The maximum Gasteiger partial charge on any atom is 0.203 e. The van der Waals surface area contributed by atoms with E-state index in [0.717, 1.165) is 26.7 Å². The first-order valence-corrected chi connectivity index (χ1v) is 12.9. The molecule has 0 aromatic heterocycles. The predicted octanol–water partition coefficient (Wildman–Crippen LogP) is 6.95. The molecule has 0 fully saturated rings. The van der Waals surface area contributed by atoms with E-state index >= 15 is 0 Å². The fourth-order valence-corrected chi connectivity index (χ4v) is 5.04. The van der Waals surface area contributed by atoms with Crippen molar-refractivity contribution in [3.63, 3.8) is 0 Å². The van der Waals surface area contributed by atoms with Crippen LogP contribution in [0.1, 0.15) is 34.4 Å². The fraction of sp³-hybridized carbons (Fsp3) is 0.226. The Balaban J connectivity index is 1.83. The van der Waals surface area contributed by atoms with Crippen LogP contribution in [0.5, 0.6) is 17.2 Å². The van der Waals surface area contributed by atoms with Gasteiger partial charge < -0.3 is 19.3 Å². The smallest absolute Gasteiger partial charge is 0.203 e. The molecule has 0 spiro atoms. The van der Waals surface area contributed by atoms with Crippen LogP contribution in [0.25, 0.3) is 0 Å². The van der Waals surface area contributed by atoms with E-state index in [2.05, 4.69) is 39.0 Å². The largest absolute Gasteiger partial charge is 0.493 e. The number of hydrogen-bond donors (Lipinski definition) is 1. The molecule has 0 aliphatic rings. The summed E-state index contributed by atoms with van der Waals surface area (Å²) in [6.45, 7) is 1.13. The van der Waals surface area contributed by atoms with Gasteiger partial charge in [0, 0.05) is 17.6 Å². The average molecular weight is 563 g/mol. The predicted molar refractivity (Wildman–Crippen MR) is 150 cm³/mol. The summed E-state index contributed by atoms with van der Waals surface area (Å²) in [6, 6.07) is 31.7. The Labute approximate surface area is 227 Å². The normalized spacial score (nSPS) is 12.7. The van der Waals surface area contributed by atoms with Crippen molar-refractivity contribution in [2.75, 3.05) is 21.3 Å². The fourth-order valence-electron chi connectivity index (χ4n) is 4.63. The SMILES string of the molecule is COc1cc(CN(Cc2ccccc2Br)[C@@H](c2ccccc2)[C@H](O)c2ccccc2)cc(OC)c1OC. The van der Waals surface area contributed by atoms with Crippen molar-refractivity contribution >= 4 is 15.9 Å². The molecule has 4 aromatic carbocycles. The summed E-state index contributed by atoms with van der Waals surface area (Å²) >= 11 is 3.72. The first-order valence-electron chi connectivity index (χ1n) is 12.1. The van der Waals surface area contributed by atoms with Crippen LogP contribution in [-0.4, -0.2) is 31.3 Å². The first-order chi connectivity index (χ1) is 18.0. The summed E-state index contributed by atoms with van der Waals surface area (Å²) in [4.78, 5) is 2.29. The molecule has 0 bridgehead atoms. The summed E-state index contributed by atoms with van der Waals surface area (Å²) in [5.41, 5.74) is 3.98. The number of benzene rings is 4. The van der Waals surface area contributed by atoms with Crippen LogP contribution in [0.15, 0.2) is 102 Å². The van der Waals surface area contributed by atoms with Gasteiger partial charge in [0.25, 0.3) is 0 Å². The van der Waals surface area contributed by atoms with Gasteiger partial charge >= 0.3 is 0 Å². The zero-order chi connectivity index (χ0) is 26.2. The molecule has 4 aromatic rings. The molecule has 0 unspecified atom stereocenters. The molecule has 0 amide bonds. The maximum absolute atomic E-state index is 11.8. The highest BCUT2D eigenvalue weighted by molar-refractivity contribution is 9.10. The van der Waals surface area contributed by atoms with Gasteiger partial charge in [0.05, 0.1) is 33.5 Å². The minimum atomic E-state index is -0.756. The lowest BCUT2D eigenvalue weighted by molar-refractivity contribution is 0.0370. The standard InChI is InChI=1S/C31H32BrNO4/c1-35-27-18-22(19-28(36-2)31(27)37-3)20-33(21-25-16-10-11-17-26(25)32)29(23-12-6-4-7-13-23)30(34)24-14-8-5-9-15-24/h4-19,29-30,34H,20-21H2,1-3H3/t29-,30+/m0/s1. The molecule has 0 aliphatic heterocycles. The van der Waals surface area contributed by atoms with Crippen LogP contribution in [0.4, 0.5) is 0 Å². The van der Waals surface area contributed by atoms with Gasteiger partial charge in [-0.25, -0.2) is 0 Å². The average Bonchev–Trinajstić information content (AvgIpc) is 2.94. The van der Waals surface area contributed by atoms with E-state index < -0.39 is 6.10 Å². The molecule has 6 heteroatoms. The van der Waals surface area contributed by atoms with Crippen molar-refractivity contribution < 1.29 is 19.3 Å². The highest BCUT2D eigenvalue weighted by Gasteiger charge is 2.30. The molecule has 4 rings (SSSR count). The van der Waals surface area contributed by atoms with Gasteiger partial charge in [-0.15, -0.1) is 0 Å². The molecular weight excluding hydrogens is 530 g/mol. The second-order valence-electron chi connectivity index (χ2n) is 8.74. The number of hydrogen-bond acceptors (Lipinski definition) is 5. The third-order valence-electron chi connectivity index (χ3n) is 6.42. The Hall–Kier alpha value is -3.32. The topological polar surface area (TPSA) is 51.2 Å². The number of methoxy groups -OCH3 is 3. The molecule has 0 saturated heterocycles. The third kappa shape index (κ3) is 6.34. The van der Waals surface area contributed by atoms with Crippen molar-refractivity contribution in [2.45, 2.75) is 25.2 Å². The van der Waals surface area contributed by atoms with Crippen LogP contribution >= 0.6 is 15.9 Å². The second kappa shape index (κ2) is 12.8. The number of aliphatic hydroxyl groups excluding tert-OH is 1. The molecule has 1 N–H and O–H groups in total. The Kier molecular flexibility index (Phi) is 9.23. The van der Waals surface area contributed by atoms with E-state index in [9.17, 15) is 5.11 Å². The lowest BCUT2D eigenvalue weighted by Gasteiger charge is -2.36.